The van der Waals surface area contributed by atoms with Gasteiger partial charge in [-0.1, -0.05) is 0 Å². The Morgan fingerprint density at radius 2 is 2.22 bits per heavy atom. The highest BCUT2D eigenvalue weighted by Crippen LogP contribution is 2.41. The molecule has 1 aliphatic carbocycles. The molecule has 1 amide bonds. The minimum Gasteiger partial charge on any atom is -0.340 e. The number of amides is 1. The van der Waals surface area contributed by atoms with Crippen LogP contribution >= 0.6 is 15.9 Å². The van der Waals surface area contributed by atoms with Gasteiger partial charge < -0.3 is 4.90 Å². The molecule has 1 unspecified atom stereocenters. The van der Waals surface area contributed by atoms with Gasteiger partial charge in [-0.15, -0.1) is 0 Å². The number of nitrogens with zero attached hydrogens (tertiary/aromatic N) is 3. The quantitative estimate of drug-likeness (QED) is 0.621. The van der Waals surface area contributed by atoms with Crippen molar-refractivity contribution < 1.29 is 9.18 Å². The highest BCUT2D eigenvalue weighted by molar-refractivity contribution is 9.10. The summed E-state index contributed by atoms with van der Waals surface area (Å²) in [5.41, 5.74) is 0.565. The molecule has 3 rings (SSSR count). The maximum absolute atomic E-state index is 13.1. The molecule has 1 atom stereocenters. The first-order valence-electron chi connectivity index (χ1n) is 5.95. The zero-order valence-corrected chi connectivity index (χ0v) is 11.5. The summed E-state index contributed by atoms with van der Waals surface area (Å²) in [6, 6.07) is 3.50. The van der Waals surface area contributed by atoms with Gasteiger partial charge in [0.1, 0.15) is 10.6 Å². The molecule has 0 radical (unpaired) electrons. The van der Waals surface area contributed by atoms with Crippen LogP contribution in [0.15, 0.2) is 16.7 Å². The number of aromatic nitrogens is 1. The Balaban J connectivity index is 2.14. The van der Waals surface area contributed by atoms with Gasteiger partial charge in [0.05, 0.1) is 5.69 Å². The second-order valence-corrected chi connectivity index (χ2v) is 5.49. The van der Waals surface area contributed by atoms with Crippen molar-refractivity contribution in [3.63, 3.8) is 0 Å². The van der Waals surface area contributed by atoms with E-state index in [9.17, 15) is 9.18 Å². The molecule has 0 bridgehead atoms. The lowest BCUT2D eigenvalue weighted by atomic mass is 10.1. The molecular weight excluding hydrogens is 301 g/mol. The molecule has 1 fully saturated rings. The van der Waals surface area contributed by atoms with Crippen LogP contribution in [-0.4, -0.2) is 29.8 Å². The fraction of sp³-hybridized carbons (Fsp3) is 0.500. The molecule has 0 aromatic carbocycles. The fourth-order valence-electron chi connectivity index (χ4n) is 2.43. The van der Waals surface area contributed by atoms with Gasteiger partial charge in [-0.25, -0.2) is 9.37 Å². The van der Waals surface area contributed by atoms with E-state index in [0.29, 0.717) is 22.2 Å². The van der Waals surface area contributed by atoms with Crippen LogP contribution in [0.1, 0.15) is 19.8 Å². The van der Waals surface area contributed by atoms with Crippen molar-refractivity contribution in [2.75, 3.05) is 16.6 Å². The van der Waals surface area contributed by atoms with Crippen molar-refractivity contribution >= 4 is 33.3 Å². The largest absolute Gasteiger partial charge is 0.340 e. The van der Waals surface area contributed by atoms with Crippen molar-refractivity contribution in [1.29, 1.82) is 0 Å². The maximum Gasteiger partial charge on any atom is 0.251 e. The molecular formula is C12H13BrFN3O. The summed E-state index contributed by atoms with van der Waals surface area (Å²) in [5.74, 6) is 0.512. The van der Waals surface area contributed by atoms with Crippen molar-refractivity contribution in [1.82, 2.24) is 4.98 Å². The van der Waals surface area contributed by atoms with Gasteiger partial charge in [-0.05, 0) is 47.8 Å². The molecule has 0 spiro atoms. The third kappa shape index (κ3) is 1.70. The van der Waals surface area contributed by atoms with Crippen LogP contribution in [0.3, 0.4) is 0 Å². The van der Waals surface area contributed by atoms with E-state index in [-0.39, 0.29) is 11.9 Å². The Hall–Kier alpha value is -1.17. The second kappa shape index (κ2) is 4.19. The van der Waals surface area contributed by atoms with Crippen LogP contribution in [0.4, 0.5) is 15.9 Å². The first kappa shape index (κ1) is 11.9. The molecule has 6 heteroatoms. The zero-order valence-electron chi connectivity index (χ0n) is 9.94. The van der Waals surface area contributed by atoms with Crippen LogP contribution in [0.5, 0.6) is 0 Å². The van der Waals surface area contributed by atoms with Gasteiger partial charge >= 0.3 is 0 Å². The van der Waals surface area contributed by atoms with Crippen molar-refractivity contribution in [2.24, 2.45) is 0 Å². The van der Waals surface area contributed by atoms with Crippen molar-refractivity contribution in [3.8, 4) is 0 Å². The average molecular weight is 314 g/mol. The van der Waals surface area contributed by atoms with Crippen LogP contribution in [-0.2, 0) is 4.79 Å². The van der Waals surface area contributed by atoms with Gasteiger partial charge in [0.2, 0.25) is 0 Å². The summed E-state index contributed by atoms with van der Waals surface area (Å²) in [6.07, 6.45) is 2.14. The van der Waals surface area contributed by atoms with Crippen molar-refractivity contribution in [3.05, 3.63) is 16.7 Å². The Morgan fingerprint density at radius 1 is 1.50 bits per heavy atom. The number of fused-ring (bicyclic) bond motifs is 1. The van der Waals surface area contributed by atoms with Crippen LogP contribution < -0.4 is 9.80 Å². The van der Waals surface area contributed by atoms with E-state index in [1.54, 1.807) is 12.1 Å². The molecule has 1 aromatic heterocycles. The number of carbonyl (C=O) groups is 1. The SMILES string of the molecule is CC1C(=O)N(CF)c2ccc(Br)nc2N1C1CC1. The molecule has 2 aliphatic rings. The standard InChI is InChI=1S/C12H13BrFN3O/c1-7-12(18)16(6-14)9-4-5-10(13)15-11(9)17(7)8-2-3-8/h4-5,7-8H,2-3,6H2,1H3. The Kier molecular flexibility index (Phi) is 2.77. The van der Waals surface area contributed by atoms with E-state index in [1.165, 1.54) is 0 Å². The van der Waals surface area contributed by atoms with E-state index < -0.39 is 6.80 Å². The highest BCUT2D eigenvalue weighted by atomic mass is 79.9. The zero-order chi connectivity index (χ0) is 12.9. The maximum atomic E-state index is 13.1. The molecule has 1 aliphatic heterocycles. The van der Waals surface area contributed by atoms with E-state index in [0.717, 1.165) is 17.7 Å². The molecule has 0 saturated heterocycles. The lowest BCUT2D eigenvalue weighted by Gasteiger charge is -2.39. The lowest BCUT2D eigenvalue weighted by molar-refractivity contribution is -0.120. The van der Waals surface area contributed by atoms with Crippen molar-refractivity contribution in [2.45, 2.75) is 31.8 Å². The van der Waals surface area contributed by atoms with E-state index in [1.807, 2.05) is 11.8 Å². The lowest BCUT2D eigenvalue weighted by Crippen LogP contribution is -2.53. The molecule has 4 nitrogen and oxygen atoms in total. The Labute approximate surface area is 113 Å². The summed E-state index contributed by atoms with van der Waals surface area (Å²) in [6.45, 7) is 1.01. The minimum atomic E-state index is -0.808. The summed E-state index contributed by atoms with van der Waals surface area (Å²) in [4.78, 5) is 19.8. The van der Waals surface area contributed by atoms with Gasteiger partial charge in [-0.2, -0.15) is 0 Å². The predicted octanol–water partition coefficient (Wildman–Crippen LogP) is 2.48. The molecule has 1 saturated carbocycles. The number of hydrogen-bond acceptors (Lipinski definition) is 3. The van der Waals surface area contributed by atoms with Gasteiger partial charge in [-0.3, -0.25) is 9.69 Å². The van der Waals surface area contributed by atoms with Crippen LogP contribution in [0, 0.1) is 0 Å². The summed E-state index contributed by atoms with van der Waals surface area (Å²) in [7, 11) is 0. The number of carbonyl (C=O) groups excluding carboxylic acids is 1. The average Bonchev–Trinajstić information content (AvgIpc) is 3.16. The molecule has 0 N–H and O–H groups in total. The second-order valence-electron chi connectivity index (χ2n) is 4.68. The third-order valence-electron chi connectivity index (χ3n) is 3.46. The Bertz CT molecular complexity index is 506. The number of rotatable bonds is 2. The van der Waals surface area contributed by atoms with E-state index in [2.05, 4.69) is 20.9 Å². The monoisotopic (exact) mass is 313 g/mol. The van der Waals surface area contributed by atoms with E-state index in [4.69, 9.17) is 0 Å². The highest BCUT2D eigenvalue weighted by Gasteiger charge is 2.43. The number of anilines is 2. The topological polar surface area (TPSA) is 36.4 Å². The van der Waals surface area contributed by atoms with Crippen LogP contribution in [0.25, 0.3) is 0 Å². The van der Waals surface area contributed by atoms with Gasteiger partial charge in [0.25, 0.3) is 5.91 Å². The minimum absolute atomic E-state index is 0.193. The van der Waals surface area contributed by atoms with Gasteiger partial charge in [0, 0.05) is 6.04 Å². The number of hydrogen-bond donors (Lipinski definition) is 0. The predicted molar refractivity (Wildman–Crippen MR) is 70.4 cm³/mol. The molecule has 18 heavy (non-hydrogen) atoms. The first-order valence-corrected chi connectivity index (χ1v) is 6.75. The number of pyridine rings is 1. The van der Waals surface area contributed by atoms with E-state index >= 15 is 0 Å². The van der Waals surface area contributed by atoms with Crippen LogP contribution in [0.2, 0.25) is 0 Å². The molecule has 96 valence electrons. The fourth-order valence-corrected chi connectivity index (χ4v) is 2.73. The number of alkyl halides is 1. The summed E-state index contributed by atoms with van der Waals surface area (Å²) in [5, 5.41) is 0. The Morgan fingerprint density at radius 3 is 2.83 bits per heavy atom. The third-order valence-corrected chi connectivity index (χ3v) is 3.90. The summed E-state index contributed by atoms with van der Waals surface area (Å²) < 4.78 is 13.8. The van der Waals surface area contributed by atoms with Gasteiger partial charge in [0.15, 0.2) is 12.6 Å². The molecule has 2 heterocycles. The normalized spacial score (nSPS) is 23.3. The smallest absolute Gasteiger partial charge is 0.251 e. The summed E-state index contributed by atoms with van der Waals surface area (Å²) >= 11 is 3.33. The first-order chi connectivity index (χ1) is 8.63. The molecule has 1 aromatic rings. The number of halogens is 2.